The molecule has 0 spiro atoms. The Labute approximate surface area is 192 Å². The highest BCUT2D eigenvalue weighted by molar-refractivity contribution is 9.10. The lowest BCUT2D eigenvalue weighted by Crippen LogP contribution is -2.33. The van der Waals surface area contributed by atoms with Crippen LogP contribution in [0.1, 0.15) is 53.4 Å². The van der Waals surface area contributed by atoms with Crippen LogP contribution in [0.25, 0.3) is 0 Å². The summed E-state index contributed by atoms with van der Waals surface area (Å²) < 4.78 is 6.53. The molecule has 0 amide bonds. The van der Waals surface area contributed by atoms with Crippen LogP contribution in [0.15, 0.2) is 70.1 Å². The molecule has 0 unspecified atom stereocenters. The molecule has 0 aliphatic carbocycles. The number of aromatic hydroxyl groups is 1. The van der Waals surface area contributed by atoms with Gasteiger partial charge in [0, 0.05) is 28.2 Å². The van der Waals surface area contributed by atoms with Gasteiger partial charge in [0.2, 0.25) is 0 Å². The van der Waals surface area contributed by atoms with Crippen molar-refractivity contribution in [1.82, 2.24) is 5.32 Å². The zero-order valence-electron chi connectivity index (χ0n) is 18.0. The van der Waals surface area contributed by atoms with E-state index in [-0.39, 0.29) is 18.0 Å². The molecule has 0 bridgehead atoms. The molecular weight excluding hydrogens is 452 g/mol. The van der Waals surface area contributed by atoms with Crippen molar-refractivity contribution in [2.24, 2.45) is 4.99 Å². The van der Waals surface area contributed by atoms with E-state index in [4.69, 9.17) is 9.73 Å². The molecule has 4 nitrogen and oxygen atoms in total. The van der Waals surface area contributed by atoms with Crippen molar-refractivity contribution in [3.05, 3.63) is 93.0 Å². The van der Waals surface area contributed by atoms with E-state index in [1.807, 2.05) is 31.2 Å². The third-order valence-corrected chi connectivity index (χ3v) is 6.12. The lowest BCUT2D eigenvalue weighted by Gasteiger charge is -2.31. The van der Waals surface area contributed by atoms with Gasteiger partial charge in [0.15, 0.2) is 0 Å². The molecule has 5 heteroatoms. The fraction of sp³-hybridized carbons (Fsp3) is 0.269. The van der Waals surface area contributed by atoms with Gasteiger partial charge in [0.25, 0.3) is 0 Å². The number of aryl methyl sites for hydroxylation is 2. The first-order chi connectivity index (χ1) is 14.9. The maximum atomic E-state index is 10.6. The minimum Gasteiger partial charge on any atom is -0.508 e. The molecule has 1 aliphatic heterocycles. The smallest absolute Gasteiger partial charge is 0.126 e. The average molecular weight is 479 g/mol. The maximum Gasteiger partial charge on any atom is 0.126 e. The lowest BCUT2D eigenvalue weighted by atomic mass is 9.92. The van der Waals surface area contributed by atoms with Crippen LogP contribution in [0.4, 0.5) is 0 Å². The molecule has 1 aliphatic rings. The van der Waals surface area contributed by atoms with Crippen LogP contribution in [0.2, 0.25) is 0 Å². The van der Waals surface area contributed by atoms with E-state index in [2.05, 4.69) is 65.4 Å². The van der Waals surface area contributed by atoms with Gasteiger partial charge < -0.3 is 9.84 Å². The fourth-order valence-corrected chi connectivity index (χ4v) is 4.47. The standard InChI is InChI=1S/C26H27BrN2O2/c1-4-31-20-9-6-18(7-10-20)23-15-24(22-14-19(27)8-12-25(22)30)29-26(28-23)21-11-5-16(2)13-17(21)3/h5-14,24,26,29-30H,4,15H2,1-3H3/t24-,26+/m1/s1. The van der Waals surface area contributed by atoms with Crippen LogP contribution < -0.4 is 10.1 Å². The van der Waals surface area contributed by atoms with Crippen molar-refractivity contribution in [2.75, 3.05) is 6.61 Å². The van der Waals surface area contributed by atoms with Crippen molar-refractivity contribution >= 4 is 21.6 Å². The Balaban J connectivity index is 1.75. The maximum absolute atomic E-state index is 10.6. The number of nitrogens with one attached hydrogen (secondary N) is 1. The van der Waals surface area contributed by atoms with Crippen molar-refractivity contribution in [3.63, 3.8) is 0 Å². The summed E-state index contributed by atoms with van der Waals surface area (Å²) >= 11 is 3.54. The summed E-state index contributed by atoms with van der Waals surface area (Å²) in [6, 6.07) is 20.0. The molecule has 2 atom stereocenters. The third kappa shape index (κ3) is 4.83. The second-order valence-electron chi connectivity index (χ2n) is 7.92. The molecule has 0 radical (unpaired) electrons. The van der Waals surface area contributed by atoms with Gasteiger partial charge in [-0.15, -0.1) is 0 Å². The molecule has 31 heavy (non-hydrogen) atoms. The van der Waals surface area contributed by atoms with Crippen molar-refractivity contribution in [1.29, 1.82) is 0 Å². The first kappa shape index (κ1) is 21.6. The van der Waals surface area contributed by atoms with E-state index >= 15 is 0 Å². The second-order valence-corrected chi connectivity index (χ2v) is 8.84. The number of rotatable bonds is 5. The van der Waals surface area contributed by atoms with Gasteiger partial charge >= 0.3 is 0 Å². The molecule has 1 heterocycles. The number of aliphatic imine (C=N–C) groups is 1. The number of hydrogen-bond donors (Lipinski definition) is 2. The van der Waals surface area contributed by atoms with Crippen LogP contribution in [0, 0.1) is 13.8 Å². The summed E-state index contributed by atoms with van der Waals surface area (Å²) in [4.78, 5) is 5.09. The molecule has 4 rings (SSSR count). The Morgan fingerprint density at radius 2 is 1.81 bits per heavy atom. The molecule has 2 N–H and O–H groups in total. The van der Waals surface area contributed by atoms with Crippen LogP contribution in [-0.2, 0) is 0 Å². The van der Waals surface area contributed by atoms with Crippen molar-refractivity contribution in [2.45, 2.75) is 39.4 Å². The summed E-state index contributed by atoms with van der Waals surface area (Å²) in [6.45, 7) is 6.84. The van der Waals surface area contributed by atoms with E-state index in [1.54, 1.807) is 6.07 Å². The molecule has 0 fully saturated rings. The first-order valence-corrected chi connectivity index (χ1v) is 11.4. The minimum atomic E-state index is -0.195. The molecule has 0 saturated carbocycles. The molecule has 3 aromatic rings. The topological polar surface area (TPSA) is 53.8 Å². The summed E-state index contributed by atoms with van der Waals surface area (Å²) in [5.41, 5.74) is 6.52. The van der Waals surface area contributed by atoms with Gasteiger partial charge in [-0.2, -0.15) is 0 Å². The van der Waals surface area contributed by atoms with E-state index in [0.29, 0.717) is 13.0 Å². The fourth-order valence-electron chi connectivity index (χ4n) is 4.09. The SMILES string of the molecule is CCOc1ccc(C2=N[C@H](c3ccc(C)cc3C)N[C@@H](c3cc(Br)ccc3O)C2)cc1. The Morgan fingerprint density at radius 1 is 1.03 bits per heavy atom. The quantitative estimate of drug-likeness (QED) is 0.446. The van der Waals surface area contributed by atoms with Crippen LogP contribution in [-0.4, -0.2) is 17.4 Å². The largest absolute Gasteiger partial charge is 0.508 e. The lowest BCUT2D eigenvalue weighted by molar-refractivity contribution is 0.340. The van der Waals surface area contributed by atoms with E-state index in [1.165, 1.54) is 11.1 Å². The molecule has 0 saturated heterocycles. The Hall–Kier alpha value is -2.63. The van der Waals surface area contributed by atoms with E-state index in [9.17, 15) is 5.11 Å². The van der Waals surface area contributed by atoms with Gasteiger partial charge in [-0.05, 0) is 79.9 Å². The van der Waals surface area contributed by atoms with Crippen LogP contribution in [0.3, 0.4) is 0 Å². The van der Waals surface area contributed by atoms with Gasteiger partial charge in [-0.1, -0.05) is 39.7 Å². The van der Waals surface area contributed by atoms with E-state index in [0.717, 1.165) is 32.6 Å². The Morgan fingerprint density at radius 3 is 2.52 bits per heavy atom. The summed E-state index contributed by atoms with van der Waals surface area (Å²) in [5, 5.41) is 14.2. The molecule has 160 valence electrons. The predicted molar refractivity (Wildman–Crippen MR) is 129 cm³/mol. The van der Waals surface area contributed by atoms with Gasteiger partial charge in [-0.25, -0.2) is 0 Å². The minimum absolute atomic E-state index is 0.0673. The van der Waals surface area contributed by atoms with Crippen LogP contribution >= 0.6 is 15.9 Å². The van der Waals surface area contributed by atoms with Crippen LogP contribution in [0.5, 0.6) is 11.5 Å². The number of halogens is 1. The number of phenols is 1. The Bertz CT molecular complexity index is 1110. The summed E-state index contributed by atoms with van der Waals surface area (Å²) in [5.74, 6) is 1.14. The molecule has 0 aromatic heterocycles. The Kier molecular flexibility index (Phi) is 6.44. The van der Waals surface area contributed by atoms with Crippen molar-refractivity contribution in [3.8, 4) is 11.5 Å². The van der Waals surface area contributed by atoms with E-state index < -0.39 is 0 Å². The zero-order valence-corrected chi connectivity index (χ0v) is 19.6. The normalized spacial score (nSPS) is 18.5. The summed E-state index contributed by atoms with van der Waals surface area (Å²) in [7, 11) is 0. The zero-order chi connectivity index (χ0) is 22.0. The van der Waals surface area contributed by atoms with Crippen molar-refractivity contribution < 1.29 is 9.84 Å². The van der Waals surface area contributed by atoms with Gasteiger partial charge in [-0.3, -0.25) is 10.3 Å². The highest BCUT2D eigenvalue weighted by Gasteiger charge is 2.28. The van der Waals surface area contributed by atoms with Gasteiger partial charge in [0.1, 0.15) is 17.7 Å². The highest BCUT2D eigenvalue weighted by Crippen LogP contribution is 2.36. The first-order valence-electron chi connectivity index (χ1n) is 10.6. The summed E-state index contributed by atoms with van der Waals surface area (Å²) in [6.07, 6.45) is 0.485. The number of ether oxygens (including phenoxy) is 1. The number of nitrogens with zero attached hydrogens (tertiary/aromatic N) is 1. The number of phenolic OH excluding ortho intramolecular Hbond substituents is 1. The molecule has 3 aromatic carbocycles. The number of benzene rings is 3. The second kappa shape index (κ2) is 9.25. The highest BCUT2D eigenvalue weighted by atomic mass is 79.9. The predicted octanol–water partition coefficient (Wildman–Crippen LogP) is 6.39. The average Bonchev–Trinajstić information content (AvgIpc) is 2.76. The number of hydrogen-bond acceptors (Lipinski definition) is 4. The third-order valence-electron chi connectivity index (χ3n) is 5.62. The van der Waals surface area contributed by atoms with Gasteiger partial charge in [0.05, 0.1) is 6.61 Å². The molecular formula is C26H27BrN2O2. The monoisotopic (exact) mass is 478 g/mol.